The fourth-order valence-corrected chi connectivity index (χ4v) is 3.85. The Bertz CT molecular complexity index is 1230. The van der Waals surface area contributed by atoms with Crippen molar-refractivity contribution in [3.63, 3.8) is 0 Å². The van der Waals surface area contributed by atoms with E-state index in [1.165, 1.54) is 6.07 Å². The molecule has 5 heteroatoms. The average molecular weight is 404 g/mol. The molecule has 0 radical (unpaired) electrons. The first-order valence-corrected chi connectivity index (χ1v) is 10.0. The van der Waals surface area contributed by atoms with Crippen LogP contribution >= 0.6 is 0 Å². The molecule has 0 aliphatic carbocycles. The topological polar surface area (TPSA) is 76.7 Å². The molecule has 0 saturated carbocycles. The summed E-state index contributed by atoms with van der Waals surface area (Å²) in [5.74, 6) is -0.464. The third-order valence-corrected chi connectivity index (χ3v) is 5.68. The summed E-state index contributed by atoms with van der Waals surface area (Å²) in [5.41, 5.74) is 2.85. The summed E-state index contributed by atoms with van der Waals surface area (Å²) in [4.78, 5) is 25.6. The van der Waals surface area contributed by atoms with Gasteiger partial charge in [-0.15, -0.1) is 0 Å². The van der Waals surface area contributed by atoms with Crippen molar-refractivity contribution in [2.45, 2.75) is 40.2 Å². The molecule has 30 heavy (non-hydrogen) atoms. The van der Waals surface area contributed by atoms with Crippen molar-refractivity contribution in [1.82, 2.24) is 0 Å². The molecule has 2 aromatic carbocycles. The highest BCUT2D eigenvalue weighted by atomic mass is 16.5. The fourth-order valence-electron chi connectivity index (χ4n) is 3.85. The van der Waals surface area contributed by atoms with Crippen LogP contribution in [-0.4, -0.2) is 17.0 Å². The molecule has 0 unspecified atom stereocenters. The van der Waals surface area contributed by atoms with E-state index in [1.54, 1.807) is 6.92 Å². The number of carbonyl (C=O) groups excluding carboxylic acids is 1. The van der Waals surface area contributed by atoms with Crippen molar-refractivity contribution in [3.8, 4) is 22.6 Å². The van der Waals surface area contributed by atoms with Gasteiger partial charge in [-0.2, -0.15) is 0 Å². The second-order valence-electron chi connectivity index (χ2n) is 8.04. The molecule has 1 aliphatic rings. The number of hydrogen-bond acceptors (Lipinski definition) is 5. The number of benzene rings is 2. The smallest absolute Gasteiger partial charge is 0.336 e. The molecule has 2 atom stereocenters. The van der Waals surface area contributed by atoms with Crippen LogP contribution in [0.25, 0.3) is 22.1 Å². The van der Waals surface area contributed by atoms with Crippen molar-refractivity contribution < 1.29 is 19.1 Å². The van der Waals surface area contributed by atoms with Crippen molar-refractivity contribution >= 4 is 16.8 Å². The molecular weight excluding hydrogens is 380 g/mol. The number of phenols is 1. The maximum atomic E-state index is 13.1. The van der Waals surface area contributed by atoms with E-state index in [-0.39, 0.29) is 28.8 Å². The monoisotopic (exact) mass is 404 g/mol. The second-order valence-corrected chi connectivity index (χ2v) is 8.04. The van der Waals surface area contributed by atoms with E-state index in [0.717, 1.165) is 11.1 Å². The predicted molar refractivity (Wildman–Crippen MR) is 116 cm³/mol. The molecule has 0 amide bonds. The summed E-state index contributed by atoms with van der Waals surface area (Å²) in [6, 6.07) is 10.6. The molecule has 4 rings (SSSR count). The minimum Gasteiger partial charge on any atom is -0.506 e. The largest absolute Gasteiger partial charge is 0.506 e. The molecule has 1 aliphatic heterocycles. The van der Waals surface area contributed by atoms with Crippen LogP contribution in [0.1, 0.15) is 43.6 Å². The summed E-state index contributed by atoms with van der Waals surface area (Å²) < 4.78 is 11.7. The molecule has 0 spiro atoms. The summed E-state index contributed by atoms with van der Waals surface area (Å²) in [5, 5.41) is 11.6. The van der Waals surface area contributed by atoms with Crippen LogP contribution in [0.15, 0.2) is 57.3 Å². The van der Waals surface area contributed by atoms with E-state index in [2.05, 4.69) is 0 Å². The zero-order valence-corrected chi connectivity index (χ0v) is 17.5. The number of rotatable bonds is 3. The summed E-state index contributed by atoms with van der Waals surface area (Å²) in [6.45, 7) is 7.56. The van der Waals surface area contributed by atoms with E-state index in [0.29, 0.717) is 28.7 Å². The van der Waals surface area contributed by atoms with Gasteiger partial charge in [0.1, 0.15) is 28.7 Å². The van der Waals surface area contributed by atoms with Crippen LogP contribution in [0, 0.1) is 5.92 Å². The molecular formula is C25H24O5. The first-order valence-electron chi connectivity index (χ1n) is 10.0. The van der Waals surface area contributed by atoms with Crippen LogP contribution in [0.5, 0.6) is 11.5 Å². The molecule has 154 valence electrons. The van der Waals surface area contributed by atoms with Gasteiger partial charge < -0.3 is 14.3 Å². The lowest BCUT2D eigenvalue weighted by Gasteiger charge is -2.30. The Morgan fingerprint density at radius 3 is 2.50 bits per heavy atom. The lowest BCUT2D eigenvalue weighted by Crippen LogP contribution is -2.34. The van der Waals surface area contributed by atoms with Crippen LogP contribution in [0.3, 0.4) is 0 Å². The Morgan fingerprint density at radius 1 is 1.13 bits per heavy atom. The molecule has 2 heterocycles. The first-order chi connectivity index (χ1) is 14.3. The first kappa shape index (κ1) is 20.0. The van der Waals surface area contributed by atoms with Gasteiger partial charge in [-0.05, 0) is 32.8 Å². The Labute approximate surface area is 174 Å². The Balaban J connectivity index is 2.17. The van der Waals surface area contributed by atoms with Crippen molar-refractivity contribution in [2.75, 3.05) is 0 Å². The number of aromatic hydroxyl groups is 1. The summed E-state index contributed by atoms with van der Waals surface area (Å²) in [7, 11) is 0. The predicted octanol–water partition coefficient (Wildman–Crippen LogP) is 5.27. The molecule has 5 nitrogen and oxygen atoms in total. The molecule has 0 fully saturated rings. The zero-order chi connectivity index (χ0) is 21.6. The number of allylic oxidation sites excluding steroid dienone is 2. The van der Waals surface area contributed by atoms with Gasteiger partial charge >= 0.3 is 5.63 Å². The lowest BCUT2D eigenvalue weighted by molar-refractivity contribution is 0.0723. The molecule has 3 aromatic rings. The highest BCUT2D eigenvalue weighted by Gasteiger charge is 2.37. The van der Waals surface area contributed by atoms with Gasteiger partial charge in [0.2, 0.25) is 0 Å². The van der Waals surface area contributed by atoms with Gasteiger partial charge in [-0.1, -0.05) is 48.9 Å². The van der Waals surface area contributed by atoms with Crippen LogP contribution in [-0.2, 0) is 6.42 Å². The summed E-state index contributed by atoms with van der Waals surface area (Å²) in [6.07, 6.45) is 2.05. The second kappa shape index (κ2) is 7.48. The fraction of sp³-hybridized carbons (Fsp3) is 0.280. The number of hydrogen-bond donors (Lipinski definition) is 1. The Kier molecular flexibility index (Phi) is 4.98. The molecule has 0 saturated heterocycles. The minimum atomic E-state index is -0.525. The van der Waals surface area contributed by atoms with Gasteiger partial charge in [-0.3, -0.25) is 4.79 Å². The van der Waals surface area contributed by atoms with Gasteiger partial charge in [-0.25, -0.2) is 4.79 Å². The van der Waals surface area contributed by atoms with E-state index in [1.807, 2.05) is 57.2 Å². The number of fused-ring (bicyclic) bond motifs is 2. The quantitative estimate of drug-likeness (QED) is 0.475. The molecule has 1 N–H and O–H groups in total. The number of phenolic OH excluding ortho intramolecular Hbond substituents is 1. The van der Waals surface area contributed by atoms with Gasteiger partial charge in [0, 0.05) is 17.2 Å². The van der Waals surface area contributed by atoms with Crippen LogP contribution in [0.2, 0.25) is 0 Å². The van der Waals surface area contributed by atoms with E-state index in [9.17, 15) is 14.7 Å². The van der Waals surface area contributed by atoms with Crippen molar-refractivity contribution in [2.24, 2.45) is 5.92 Å². The maximum absolute atomic E-state index is 13.1. The van der Waals surface area contributed by atoms with Crippen LogP contribution in [0.4, 0.5) is 0 Å². The Hall–Kier alpha value is -3.34. The maximum Gasteiger partial charge on any atom is 0.336 e. The van der Waals surface area contributed by atoms with E-state index >= 15 is 0 Å². The lowest BCUT2D eigenvalue weighted by atomic mass is 9.86. The van der Waals surface area contributed by atoms with Gasteiger partial charge in [0.05, 0.1) is 11.3 Å². The highest BCUT2D eigenvalue weighted by Crippen LogP contribution is 2.47. The van der Waals surface area contributed by atoms with Gasteiger partial charge in [0.25, 0.3) is 0 Å². The van der Waals surface area contributed by atoms with E-state index < -0.39 is 11.5 Å². The Morgan fingerprint density at radius 2 is 1.83 bits per heavy atom. The minimum absolute atomic E-state index is 0.163. The molecule has 1 aromatic heterocycles. The third-order valence-electron chi connectivity index (χ3n) is 5.68. The third kappa shape index (κ3) is 3.20. The van der Waals surface area contributed by atoms with Crippen molar-refractivity contribution in [3.05, 3.63) is 69.6 Å². The highest BCUT2D eigenvalue weighted by molar-refractivity contribution is 6.12. The standard InChI is InChI=1S/C25H24O5/c1-13(2)10-11-17-24-20(18(12-19(26)30-24)16-8-6-5-7-9-16)23(28)21-22(27)14(3)15(4)29-25(17)21/h5-10,12,14-15,28H,11H2,1-4H3/t14-,15-/m1/s1. The number of Topliss-reactive ketones (excluding diaryl/α,β-unsaturated/α-hetero) is 1. The van der Waals surface area contributed by atoms with E-state index in [4.69, 9.17) is 9.15 Å². The number of ketones is 1. The number of carbonyl (C=O) groups is 1. The normalized spacial score (nSPS) is 18.1. The van der Waals surface area contributed by atoms with Crippen molar-refractivity contribution in [1.29, 1.82) is 0 Å². The molecule has 0 bridgehead atoms. The summed E-state index contributed by atoms with van der Waals surface area (Å²) >= 11 is 0. The zero-order valence-electron chi connectivity index (χ0n) is 17.5. The van der Waals surface area contributed by atoms with Crippen LogP contribution < -0.4 is 10.4 Å². The number of ether oxygens (including phenoxy) is 1. The SMILES string of the molecule is CC(C)=CCc1c2c(c(O)c3c(-c4ccccc4)cc(=O)oc13)C(=O)[C@H](C)[C@@H](C)O2. The average Bonchev–Trinajstić information content (AvgIpc) is 2.71. The van der Waals surface area contributed by atoms with Gasteiger partial charge in [0.15, 0.2) is 5.78 Å².